The van der Waals surface area contributed by atoms with Gasteiger partial charge in [0.2, 0.25) is 5.91 Å². The summed E-state index contributed by atoms with van der Waals surface area (Å²) in [7, 11) is 3.72. The van der Waals surface area contributed by atoms with Gasteiger partial charge in [0, 0.05) is 26.3 Å². The van der Waals surface area contributed by atoms with E-state index in [-0.39, 0.29) is 18.6 Å². The molecule has 0 spiro atoms. The molecule has 1 fully saturated rings. The molecule has 0 saturated carbocycles. The molecule has 100 valence electrons. The maximum Gasteiger partial charge on any atom is 0.244 e. The molecule has 1 unspecified atom stereocenters. The quantitative estimate of drug-likeness (QED) is 0.809. The lowest BCUT2D eigenvalue weighted by Gasteiger charge is -2.35. The van der Waals surface area contributed by atoms with E-state index in [1.54, 1.807) is 15.8 Å². The number of hydrogen-bond donors (Lipinski definition) is 1. The predicted molar refractivity (Wildman–Crippen MR) is 68.3 cm³/mol. The average Bonchev–Trinajstić information content (AvgIpc) is 2.76. The van der Waals surface area contributed by atoms with Crippen LogP contribution < -0.4 is 4.90 Å². The molecule has 2 rings (SSSR count). The topological polar surface area (TPSA) is 61.6 Å². The van der Waals surface area contributed by atoms with E-state index in [4.69, 9.17) is 5.11 Å². The molecular formula is C12H20N4O2. The predicted octanol–water partition coefficient (Wildman–Crippen LogP) is -0.160. The zero-order valence-corrected chi connectivity index (χ0v) is 10.9. The number of aliphatic hydroxyl groups excluding tert-OH is 1. The highest BCUT2D eigenvalue weighted by Gasteiger charge is 2.32. The lowest BCUT2D eigenvalue weighted by atomic mass is 10.0. The van der Waals surface area contributed by atoms with Crippen molar-refractivity contribution in [3.8, 4) is 0 Å². The van der Waals surface area contributed by atoms with E-state index in [0.29, 0.717) is 6.54 Å². The van der Waals surface area contributed by atoms with Crippen molar-refractivity contribution < 1.29 is 9.90 Å². The van der Waals surface area contributed by atoms with E-state index in [0.717, 1.165) is 25.1 Å². The summed E-state index contributed by atoms with van der Waals surface area (Å²) in [6.45, 7) is 1.35. The third kappa shape index (κ3) is 2.54. The van der Waals surface area contributed by atoms with Gasteiger partial charge in [-0.15, -0.1) is 0 Å². The maximum atomic E-state index is 12.4. The van der Waals surface area contributed by atoms with Crippen molar-refractivity contribution in [3.63, 3.8) is 0 Å². The van der Waals surface area contributed by atoms with Gasteiger partial charge in [0.1, 0.15) is 0 Å². The van der Waals surface area contributed by atoms with Crippen LogP contribution in [0.3, 0.4) is 0 Å². The summed E-state index contributed by atoms with van der Waals surface area (Å²) < 4.78 is 1.70. The molecule has 1 atom stereocenters. The molecule has 1 aromatic rings. The van der Waals surface area contributed by atoms with Crippen LogP contribution in [0.4, 0.5) is 5.69 Å². The van der Waals surface area contributed by atoms with E-state index in [1.807, 2.05) is 25.2 Å². The number of piperidine rings is 1. The number of rotatable bonds is 4. The fourth-order valence-corrected chi connectivity index (χ4v) is 2.38. The van der Waals surface area contributed by atoms with Gasteiger partial charge in [-0.25, -0.2) is 0 Å². The molecule has 1 amide bonds. The van der Waals surface area contributed by atoms with Crippen LogP contribution in [-0.2, 0) is 11.8 Å². The zero-order valence-electron chi connectivity index (χ0n) is 10.9. The third-order valence-corrected chi connectivity index (χ3v) is 3.40. The Morgan fingerprint density at radius 3 is 3.00 bits per heavy atom. The SMILES string of the molecule is CN(CCO)C1CCCN(c2cnn(C)c2)C1=O. The van der Waals surface area contributed by atoms with Gasteiger partial charge in [0.05, 0.1) is 24.5 Å². The molecule has 0 aromatic carbocycles. The fourth-order valence-electron chi connectivity index (χ4n) is 2.38. The molecule has 1 aromatic heterocycles. The monoisotopic (exact) mass is 252 g/mol. The Morgan fingerprint density at radius 2 is 2.39 bits per heavy atom. The molecule has 0 bridgehead atoms. The van der Waals surface area contributed by atoms with Crippen molar-refractivity contribution in [1.29, 1.82) is 0 Å². The highest BCUT2D eigenvalue weighted by atomic mass is 16.3. The van der Waals surface area contributed by atoms with Gasteiger partial charge in [-0.05, 0) is 19.9 Å². The van der Waals surface area contributed by atoms with Crippen LogP contribution in [0.25, 0.3) is 0 Å². The van der Waals surface area contributed by atoms with Gasteiger partial charge in [0.25, 0.3) is 0 Å². The van der Waals surface area contributed by atoms with Crippen molar-refractivity contribution >= 4 is 11.6 Å². The molecule has 2 heterocycles. The Labute approximate surface area is 107 Å². The molecule has 1 aliphatic rings. The van der Waals surface area contributed by atoms with E-state index < -0.39 is 0 Å². The highest BCUT2D eigenvalue weighted by Crippen LogP contribution is 2.22. The molecule has 1 aliphatic heterocycles. The average molecular weight is 252 g/mol. The number of anilines is 1. The van der Waals surface area contributed by atoms with E-state index in [2.05, 4.69) is 5.10 Å². The summed E-state index contributed by atoms with van der Waals surface area (Å²) in [5, 5.41) is 13.1. The number of amides is 1. The van der Waals surface area contributed by atoms with Crippen LogP contribution in [0.1, 0.15) is 12.8 Å². The van der Waals surface area contributed by atoms with Gasteiger partial charge < -0.3 is 10.0 Å². The normalized spacial score (nSPS) is 20.8. The van der Waals surface area contributed by atoms with Crippen LogP contribution in [-0.4, -0.2) is 58.5 Å². The van der Waals surface area contributed by atoms with E-state index in [9.17, 15) is 4.79 Å². The van der Waals surface area contributed by atoms with E-state index >= 15 is 0 Å². The molecule has 0 radical (unpaired) electrons. The first-order chi connectivity index (χ1) is 8.63. The zero-order chi connectivity index (χ0) is 13.1. The Bertz CT molecular complexity index is 418. The summed E-state index contributed by atoms with van der Waals surface area (Å²) >= 11 is 0. The summed E-state index contributed by atoms with van der Waals surface area (Å²) in [5.74, 6) is 0.102. The molecule has 18 heavy (non-hydrogen) atoms. The Morgan fingerprint density at radius 1 is 1.61 bits per heavy atom. The minimum Gasteiger partial charge on any atom is -0.395 e. The molecule has 0 aliphatic carbocycles. The lowest BCUT2D eigenvalue weighted by Crippen LogP contribution is -2.52. The number of hydrogen-bond acceptors (Lipinski definition) is 4. The number of aryl methyl sites for hydroxylation is 1. The summed E-state index contributed by atoms with van der Waals surface area (Å²) in [6.07, 6.45) is 5.39. The Hall–Kier alpha value is -1.40. The summed E-state index contributed by atoms with van der Waals surface area (Å²) in [4.78, 5) is 16.1. The standard InChI is InChI=1S/C12H20N4O2/c1-14(6-7-17)11-4-3-5-16(12(11)18)10-8-13-15(2)9-10/h8-9,11,17H,3-7H2,1-2H3. The lowest BCUT2D eigenvalue weighted by molar-refractivity contribution is -0.125. The molecular weight excluding hydrogens is 232 g/mol. The van der Waals surface area contributed by atoms with Crippen LogP contribution in [0.2, 0.25) is 0 Å². The van der Waals surface area contributed by atoms with Gasteiger partial charge in [-0.1, -0.05) is 0 Å². The van der Waals surface area contributed by atoms with Crippen LogP contribution in [0, 0.1) is 0 Å². The number of aliphatic hydroxyl groups is 1. The number of carbonyl (C=O) groups excluding carboxylic acids is 1. The molecule has 6 heteroatoms. The van der Waals surface area contributed by atoms with Gasteiger partial charge in [0.15, 0.2) is 0 Å². The largest absolute Gasteiger partial charge is 0.395 e. The third-order valence-electron chi connectivity index (χ3n) is 3.40. The van der Waals surface area contributed by atoms with Crippen molar-refractivity contribution in [2.45, 2.75) is 18.9 Å². The molecule has 1 saturated heterocycles. The second-order valence-corrected chi connectivity index (χ2v) is 4.72. The Kier molecular flexibility index (Phi) is 3.98. The van der Waals surface area contributed by atoms with Crippen molar-refractivity contribution in [1.82, 2.24) is 14.7 Å². The number of likely N-dealkylation sites (N-methyl/N-ethyl adjacent to an activating group) is 1. The number of carbonyl (C=O) groups is 1. The highest BCUT2D eigenvalue weighted by molar-refractivity contribution is 5.97. The van der Waals surface area contributed by atoms with Gasteiger partial charge in [-0.2, -0.15) is 5.10 Å². The summed E-state index contributed by atoms with van der Waals surface area (Å²) in [5.41, 5.74) is 0.851. The van der Waals surface area contributed by atoms with Crippen LogP contribution >= 0.6 is 0 Å². The van der Waals surface area contributed by atoms with Crippen LogP contribution in [0.15, 0.2) is 12.4 Å². The van der Waals surface area contributed by atoms with Gasteiger partial charge >= 0.3 is 0 Å². The number of aromatic nitrogens is 2. The first-order valence-electron chi connectivity index (χ1n) is 6.24. The summed E-state index contributed by atoms with van der Waals surface area (Å²) in [6, 6.07) is -0.133. The van der Waals surface area contributed by atoms with Crippen LogP contribution in [0.5, 0.6) is 0 Å². The van der Waals surface area contributed by atoms with Crippen molar-refractivity contribution in [2.75, 3.05) is 31.6 Å². The Balaban J connectivity index is 2.11. The second kappa shape index (κ2) is 5.49. The first-order valence-corrected chi connectivity index (χ1v) is 6.24. The minimum absolute atomic E-state index is 0.0766. The molecule has 6 nitrogen and oxygen atoms in total. The smallest absolute Gasteiger partial charge is 0.244 e. The first kappa shape index (κ1) is 13.0. The fraction of sp³-hybridized carbons (Fsp3) is 0.667. The molecule has 1 N–H and O–H groups in total. The van der Waals surface area contributed by atoms with Crippen molar-refractivity contribution in [2.24, 2.45) is 7.05 Å². The minimum atomic E-state index is -0.133. The number of nitrogens with zero attached hydrogens (tertiary/aromatic N) is 4. The maximum absolute atomic E-state index is 12.4. The van der Waals surface area contributed by atoms with Crippen molar-refractivity contribution in [3.05, 3.63) is 12.4 Å². The van der Waals surface area contributed by atoms with Gasteiger partial charge in [-0.3, -0.25) is 14.4 Å². The second-order valence-electron chi connectivity index (χ2n) is 4.72. The van der Waals surface area contributed by atoms with E-state index in [1.165, 1.54) is 0 Å².